The van der Waals surface area contributed by atoms with Gasteiger partial charge in [-0.05, 0) is 24.3 Å². The third-order valence-corrected chi connectivity index (χ3v) is 5.40. The van der Waals surface area contributed by atoms with Gasteiger partial charge in [-0.15, -0.1) is 0 Å². The lowest BCUT2D eigenvalue weighted by molar-refractivity contribution is 0.146. The van der Waals surface area contributed by atoms with Crippen LogP contribution in [-0.4, -0.2) is 63.1 Å². The van der Waals surface area contributed by atoms with Gasteiger partial charge in [0.1, 0.15) is 17.5 Å². The minimum atomic E-state index is -0.197. The Morgan fingerprint density at radius 3 is 2.46 bits per heavy atom. The fourth-order valence-corrected chi connectivity index (χ4v) is 3.87. The molecule has 7 heteroatoms. The highest BCUT2D eigenvalue weighted by molar-refractivity contribution is 5.53. The standard InChI is InChI=1S/C21H27FN4O2/c1-27-13-8-20-23-19-7-15-28-14-6-18(19)21(24-20)26-11-9-25(10-12-26)17-4-2-16(22)3-5-17/h2-5H,6-15H2,1H3. The van der Waals surface area contributed by atoms with E-state index in [-0.39, 0.29) is 5.82 Å². The molecule has 1 aromatic carbocycles. The minimum absolute atomic E-state index is 0.197. The van der Waals surface area contributed by atoms with Crippen molar-refractivity contribution >= 4 is 11.5 Å². The Hall–Kier alpha value is -2.25. The van der Waals surface area contributed by atoms with Crippen molar-refractivity contribution < 1.29 is 13.9 Å². The first-order valence-electron chi connectivity index (χ1n) is 9.95. The van der Waals surface area contributed by atoms with Crippen molar-refractivity contribution in [3.63, 3.8) is 0 Å². The second-order valence-electron chi connectivity index (χ2n) is 7.19. The molecule has 0 radical (unpaired) electrons. The summed E-state index contributed by atoms with van der Waals surface area (Å²) in [6.07, 6.45) is 2.40. The van der Waals surface area contributed by atoms with Gasteiger partial charge in [0.05, 0.1) is 25.5 Å². The van der Waals surface area contributed by atoms with Crippen LogP contribution in [0.3, 0.4) is 0 Å². The Balaban J connectivity index is 1.54. The maximum absolute atomic E-state index is 13.2. The lowest BCUT2D eigenvalue weighted by atomic mass is 10.1. The fourth-order valence-electron chi connectivity index (χ4n) is 3.87. The van der Waals surface area contributed by atoms with Crippen LogP contribution < -0.4 is 9.80 Å². The molecule has 0 amide bonds. The number of fused-ring (bicyclic) bond motifs is 1. The van der Waals surface area contributed by atoms with Gasteiger partial charge in [-0.25, -0.2) is 14.4 Å². The summed E-state index contributed by atoms with van der Waals surface area (Å²) in [6, 6.07) is 6.74. The zero-order chi connectivity index (χ0) is 19.3. The molecule has 0 saturated carbocycles. The Bertz CT molecular complexity index is 792. The maximum atomic E-state index is 13.2. The predicted molar refractivity (Wildman–Crippen MR) is 107 cm³/mol. The largest absolute Gasteiger partial charge is 0.384 e. The molecule has 1 aromatic heterocycles. The first kappa shape index (κ1) is 19.1. The van der Waals surface area contributed by atoms with Crippen LogP contribution in [0.25, 0.3) is 0 Å². The molecule has 0 spiro atoms. The van der Waals surface area contributed by atoms with E-state index in [4.69, 9.17) is 19.4 Å². The Morgan fingerprint density at radius 2 is 1.71 bits per heavy atom. The number of anilines is 2. The van der Waals surface area contributed by atoms with Crippen molar-refractivity contribution in [1.82, 2.24) is 9.97 Å². The van der Waals surface area contributed by atoms with Gasteiger partial charge in [0, 0.05) is 63.8 Å². The number of hydrogen-bond acceptors (Lipinski definition) is 6. The zero-order valence-electron chi connectivity index (χ0n) is 16.4. The van der Waals surface area contributed by atoms with E-state index in [2.05, 4.69) is 9.80 Å². The topological polar surface area (TPSA) is 50.7 Å². The summed E-state index contributed by atoms with van der Waals surface area (Å²) < 4.78 is 24.1. The molecular formula is C21H27FN4O2. The van der Waals surface area contributed by atoms with Crippen LogP contribution in [0.15, 0.2) is 24.3 Å². The molecule has 0 unspecified atom stereocenters. The van der Waals surface area contributed by atoms with Crippen molar-refractivity contribution in [2.24, 2.45) is 0 Å². The van der Waals surface area contributed by atoms with E-state index in [9.17, 15) is 4.39 Å². The molecule has 0 bridgehead atoms. The van der Waals surface area contributed by atoms with Gasteiger partial charge < -0.3 is 19.3 Å². The molecule has 4 rings (SSSR count). The van der Waals surface area contributed by atoms with E-state index < -0.39 is 0 Å². The lowest BCUT2D eigenvalue weighted by Crippen LogP contribution is -2.47. The first-order valence-corrected chi connectivity index (χ1v) is 9.95. The molecular weight excluding hydrogens is 359 g/mol. The summed E-state index contributed by atoms with van der Waals surface area (Å²) in [7, 11) is 1.70. The van der Waals surface area contributed by atoms with Crippen LogP contribution in [0.1, 0.15) is 17.1 Å². The number of nitrogens with zero attached hydrogens (tertiary/aromatic N) is 4. The van der Waals surface area contributed by atoms with Gasteiger partial charge in [0.2, 0.25) is 0 Å². The van der Waals surface area contributed by atoms with Gasteiger partial charge in [0.25, 0.3) is 0 Å². The summed E-state index contributed by atoms with van der Waals surface area (Å²) >= 11 is 0. The highest BCUT2D eigenvalue weighted by Gasteiger charge is 2.24. The minimum Gasteiger partial charge on any atom is -0.384 e. The van der Waals surface area contributed by atoms with E-state index in [1.165, 1.54) is 17.7 Å². The number of halogens is 1. The summed E-state index contributed by atoms with van der Waals surface area (Å²) in [6.45, 7) is 5.58. The second kappa shape index (κ2) is 8.84. The third-order valence-electron chi connectivity index (χ3n) is 5.40. The monoisotopic (exact) mass is 386 g/mol. The molecule has 6 nitrogen and oxygen atoms in total. The van der Waals surface area contributed by atoms with Gasteiger partial charge in [-0.2, -0.15) is 0 Å². The Morgan fingerprint density at radius 1 is 1.00 bits per heavy atom. The molecule has 0 aliphatic carbocycles. The van der Waals surface area contributed by atoms with Crippen LogP contribution in [0.4, 0.5) is 15.9 Å². The second-order valence-corrected chi connectivity index (χ2v) is 7.19. The SMILES string of the molecule is COCCc1nc2c(c(N3CCN(c4ccc(F)cc4)CC3)n1)CCOCC2. The highest BCUT2D eigenvalue weighted by atomic mass is 19.1. The number of aromatic nitrogens is 2. The number of rotatable bonds is 5. The van der Waals surface area contributed by atoms with Gasteiger partial charge >= 0.3 is 0 Å². The van der Waals surface area contributed by atoms with E-state index in [1.807, 2.05) is 12.1 Å². The van der Waals surface area contributed by atoms with E-state index in [1.54, 1.807) is 7.11 Å². The number of hydrogen-bond donors (Lipinski definition) is 0. The molecule has 2 aliphatic rings. The normalized spacial score (nSPS) is 17.4. The van der Waals surface area contributed by atoms with E-state index >= 15 is 0 Å². The molecule has 150 valence electrons. The highest BCUT2D eigenvalue weighted by Crippen LogP contribution is 2.26. The van der Waals surface area contributed by atoms with Gasteiger partial charge in [0.15, 0.2) is 0 Å². The summed E-state index contributed by atoms with van der Waals surface area (Å²) in [5.41, 5.74) is 3.42. The number of methoxy groups -OCH3 is 1. The molecule has 1 saturated heterocycles. The average molecular weight is 386 g/mol. The van der Waals surface area contributed by atoms with Crippen LogP contribution >= 0.6 is 0 Å². The Kier molecular flexibility index (Phi) is 6.02. The molecule has 1 fully saturated rings. The van der Waals surface area contributed by atoms with Crippen molar-refractivity contribution in [3.8, 4) is 0 Å². The van der Waals surface area contributed by atoms with Crippen LogP contribution in [0.2, 0.25) is 0 Å². The summed E-state index contributed by atoms with van der Waals surface area (Å²) in [5.74, 6) is 1.70. The van der Waals surface area contributed by atoms with Crippen molar-refractivity contribution in [2.45, 2.75) is 19.3 Å². The molecule has 0 atom stereocenters. The lowest BCUT2D eigenvalue weighted by Gasteiger charge is -2.37. The van der Waals surface area contributed by atoms with Crippen molar-refractivity contribution in [1.29, 1.82) is 0 Å². The molecule has 2 aromatic rings. The quantitative estimate of drug-likeness (QED) is 0.786. The third kappa shape index (κ3) is 4.25. The maximum Gasteiger partial charge on any atom is 0.135 e. The molecule has 2 aliphatic heterocycles. The van der Waals surface area contributed by atoms with E-state index in [0.717, 1.165) is 68.7 Å². The van der Waals surface area contributed by atoms with Gasteiger partial charge in [-0.3, -0.25) is 0 Å². The predicted octanol–water partition coefficient (Wildman–Crippen LogP) is 2.25. The fraction of sp³-hybridized carbons (Fsp3) is 0.524. The zero-order valence-corrected chi connectivity index (χ0v) is 16.4. The number of ether oxygens (including phenoxy) is 2. The summed E-state index contributed by atoms with van der Waals surface area (Å²) in [5, 5.41) is 0. The molecule has 0 N–H and O–H groups in total. The van der Waals surface area contributed by atoms with E-state index in [0.29, 0.717) is 19.6 Å². The van der Waals surface area contributed by atoms with Crippen LogP contribution in [0, 0.1) is 5.82 Å². The summed E-state index contributed by atoms with van der Waals surface area (Å²) in [4.78, 5) is 14.4. The van der Waals surface area contributed by atoms with Crippen LogP contribution in [0.5, 0.6) is 0 Å². The van der Waals surface area contributed by atoms with Crippen molar-refractivity contribution in [3.05, 3.63) is 47.2 Å². The van der Waals surface area contributed by atoms with Crippen LogP contribution in [-0.2, 0) is 28.7 Å². The van der Waals surface area contributed by atoms with Gasteiger partial charge in [-0.1, -0.05) is 0 Å². The smallest absolute Gasteiger partial charge is 0.135 e. The molecule has 3 heterocycles. The molecule has 28 heavy (non-hydrogen) atoms. The average Bonchev–Trinajstić information content (AvgIpc) is 2.98. The Labute approximate surface area is 165 Å². The number of benzene rings is 1. The number of piperazine rings is 1. The first-order chi connectivity index (χ1) is 13.7. The van der Waals surface area contributed by atoms with Crippen molar-refractivity contribution in [2.75, 3.05) is 62.9 Å².